The van der Waals surface area contributed by atoms with Gasteiger partial charge in [0.2, 0.25) is 11.8 Å². The summed E-state index contributed by atoms with van der Waals surface area (Å²) in [4.78, 5) is 25.4. The Morgan fingerprint density at radius 2 is 2.23 bits per heavy atom. The van der Waals surface area contributed by atoms with E-state index in [9.17, 15) is 9.59 Å². The highest BCUT2D eigenvalue weighted by molar-refractivity contribution is 5.94. The number of carbonyl (C=O) groups excluding carboxylic acids is 2. The van der Waals surface area contributed by atoms with E-state index in [1.54, 1.807) is 22.8 Å². The molecular weight excluding hydrogens is 280 g/mol. The maximum Gasteiger partial charge on any atom is 0.229 e. The van der Waals surface area contributed by atoms with Gasteiger partial charge in [-0.2, -0.15) is 5.10 Å². The van der Waals surface area contributed by atoms with Crippen LogP contribution in [0.4, 0.5) is 5.69 Å². The maximum absolute atomic E-state index is 12.3. The molecule has 22 heavy (non-hydrogen) atoms. The van der Waals surface area contributed by atoms with E-state index in [1.165, 1.54) is 0 Å². The maximum atomic E-state index is 12.3. The van der Waals surface area contributed by atoms with Crippen LogP contribution in [-0.2, 0) is 9.59 Å². The molecule has 2 aromatic rings. The van der Waals surface area contributed by atoms with Crippen molar-refractivity contribution in [1.82, 2.24) is 14.7 Å². The zero-order valence-electron chi connectivity index (χ0n) is 12.4. The van der Waals surface area contributed by atoms with Gasteiger partial charge in [-0.1, -0.05) is 6.07 Å². The molecule has 6 nitrogen and oxygen atoms in total. The predicted molar refractivity (Wildman–Crippen MR) is 82.6 cm³/mol. The molecule has 1 aliphatic heterocycles. The quantitative estimate of drug-likeness (QED) is 0.937. The standard InChI is InChI=1S/C16H18N4O2/c1-19-11-12(6-7-15(19)21)16(22)18-13-4-2-5-14(10-13)20-9-3-8-17-20/h2-5,8-10,12H,6-7,11H2,1H3,(H,18,22). The first kappa shape index (κ1) is 14.3. The normalized spacial score (nSPS) is 18.3. The molecule has 2 heterocycles. The van der Waals surface area contributed by atoms with Crippen LogP contribution in [-0.4, -0.2) is 40.1 Å². The van der Waals surface area contributed by atoms with Crippen LogP contribution in [0, 0.1) is 5.92 Å². The van der Waals surface area contributed by atoms with Crippen LogP contribution in [0.5, 0.6) is 0 Å². The fourth-order valence-corrected chi connectivity index (χ4v) is 2.62. The summed E-state index contributed by atoms with van der Waals surface area (Å²) in [6.07, 6.45) is 4.60. The van der Waals surface area contributed by atoms with Crippen molar-refractivity contribution in [3.63, 3.8) is 0 Å². The summed E-state index contributed by atoms with van der Waals surface area (Å²) >= 11 is 0. The first-order valence-corrected chi connectivity index (χ1v) is 7.28. The van der Waals surface area contributed by atoms with Crippen molar-refractivity contribution >= 4 is 17.5 Å². The average molecular weight is 298 g/mol. The summed E-state index contributed by atoms with van der Waals surface area (Å²) in [5.41, 5.74) is 1.62. The molecule has 1 fully saturated rings. The van der Waals surface area contributed by atoms with Gasteiger partial charge in [0.25, 0.3) is 0 Å². The summed E-state index contributed by atoms with van der Waals surface area (Å²) in [6.45, 7) is 0.476. The minimum Gasteiger partial charge on any atom is -0.345 e. The number of benzene rings is 1. The van der Waals surface area contributed by atoms with Gasteiger partial charge in [0.05, 0.1) is 11.6 Å². The monoisotopic (exact) mass is 298 g/mol. The van der Waals surface area contributed by atoms with Crippen molar-refractivity contribution in [2.75, 3.05) is 18.9 Å². The van der Waals surface area contributed by atoms with Crippen LogP contribution in [0.1, 0.15) is 12.8 Å². The number of piperidine rings is 1. The lowest BCUT2D eigenvalue weighted by atomic mass is 9.97. The van der Waals surface area contributed by atoms with Crippen molar-refractivity contribution in [3.8, 4) is 5.69 Å². The molecule has 3 rings (SSSR count). The molecule has 1 atom stereocenters. The van der Waals surface area contributed by atoms with Gasteiger partial charge in [-0.15, -0.1) is 0 Å². The summed E-state index contributed by atoms with van der Waals surface area (Å²) in [5, 5.41) is 7.11. The SMILES string of the molecule is CN1CC(C(=O)Nc2cccc(-n3cccn3)c2)CCC1=O. The van der Waals surface area contributed by atoms with Crippen molar-refractivity contribution in [1.29, 1.82) is 0 Å². The fourth-order valence-electron chi connectivity index (χ4n) is 2.62. The Morgan fingerprint density at radius 3 is 2.95 bits per heavy atom. The first-order valence-electron chi connectivity index (χ1n) is 7.28. The molecule has 114 valence electrons. The van der Waals surface area contributed by atoms with E-state index in [-0.39, 0.29) is 17.7 Å². The summed E-state index contributed by atoms with van der Waals surface area (Å²) in [5.74, 6) is -0.0993. The van der Waals surface area contributed by atoms with Crippen LogP contribution >= 0.6 is 0 Å². The molecular formula is C16H18N4O2. The Labute approximate surface area is 128 Å². The van der Waals surface area contributed by atoms with E-state index in [0.717, 1.165) is 11.4 Å². The van der Waals surface area contributed by atoms with Crippen molar-refractivity contribution in [2.45, 2.75) is 12.8 Å². The third kappa shape index (κ3) is 3.00. The molecule has 6 heteroatoms. The smallest absolute Gasteiger partial charge is 0.229 e. The Kier molecular flexibility index (Phi) is 3.91. The number of likely N-dealkylation sites (tertiary alicyclic amines) is 1. The predicted octanol–water partition coefficient (Wildman–Crippen LogP) is 1.68. The van der Waals surface area contributed by atoms with Gasteiger partial charge in [0.15, 0.2) is 0 Å². The molecule has 0 saturated carbocycles. The molecule has 1 unspecified atom stereocenters. The highest BCUT2D eigenvalue weighted by Crippen LogP contribution is 2.20. The van der Waals surface area contributed by atoms with Crippen LogP contribution < -0.4 is 5.32 Å². The van der Waals surface area contributed by atoms with Crippen LogP contribution in [0.15, 0.2) is 42.7 Å². The second kappa shape index (κ2) is 6.01. The second-order valence-electron chi connectivity index (χ2n) is 5.50. The second-order valence-corrected chi connectivity index (χ2v) is 5.50. The Morgan fingerprint density at radius 1 is 1.36 bits per heavy atom. The number of hydrogen-bond donors (Lipinski definition) is 1. The van der Waals surface area contributed by atoms with Crippen LogP contribution in [0.25, 0.3) is 5.69 Å². The number of rotatable bonds is 3. The topological polar surface area (TPSA) is 67.2 Å². The Bertz CT molecular complexity index is 681. The first-order chi connectivity index (χ1) is 10.6. The van der Waals surface area contributed by atoms with Gasteiger partial charge in [0.1, 0.15) is 0 Å². The molecule has 0 radical (unpaired) electrons. The number of aromatic nitrogens is 2. The van der Waals surface area contributed by atoms with Crippen LogP contribution in [0.2, 0.25) is 0 Å². The summed E-state index contributed by atoms with van der Waals surface area (Å²) in [7, 11) is 1.74. The number of carbonyl (C=O) groups is 2. The lowest BCUT2D eigenvalue weighted by Crippen LogP contribution is -2.41. The van der Waals surface area contributed by atoms with Gasteiger partial charge in [0, 0.05) is 38.1 Å². The van der Waals surface area contributed by atoms with Crippen molar-refractivity contribution in [3.05, 3.63) is 42.7 Å². The lowest BCUT2D eigenvalue weighted by molar-refractivity contribution is -0.135. The van der Waals surface area contributed by atoms with Gasteiger partial charge in [-0.05, 0) is 30.7 Å². The third-order valence-corrected chi connectivity index (χ3v) is 3.88. The van der Waals surface area contributed by atoms with E-state index >= 15 is 0 Å². The van der Waals surface area contributed by atoms with E-state index in [4.69, 9.17) is 0 Å². The highest BCUT2D eigenvalue weighted by atomic mass is 16.2. The number of amides is 2. The molecule has 0 bridgehead atoms. The van der Waals surface area contributed by atoms with Gasteiger partial charge >= 0.3 is 0 Å². The summed E-state index contributed by atoms with van der Waals surface area (Å²) in [6, 6.07) is 9.38. The molecule has 1 aromatic heterocycles. The molecule has 1 saturated heterocycles. The third-order valence-electron chi connectivity index (χ3n) is 3.88. The molecule has 2 amide bonds. The van der Waals surface area contributed by atoms with E-state index < -0.39 is 0 Å². The number of nitrogens with one attached hydrogen (secondary N) is 1. The molecule has 1 aliphatic rings. The molecule has 1 aromatic carbocycles. The minimum absolute atomic E-state index is 0.0445. The summed E-state index contributed by atoms with van der Waals surface area (Å²) < 4.78 is 1.74. The van der Waals surface area contributed by atoms with Gasteiger partial charge in [-0.3, -0.25) is 9.59 Å². The van der Waals surface area contributed by atoms with Gasteiger partial charge < -0.3 is 10.2 Å². The largest absolute Gasteiger partial charge is 0.345 e. The van der Waals surface area contributed by atoms with Gasteiger partial charge in [-0.25, -0.2) is 4.68 Å². The highest BCUT2D eigenvalue weighted by Gasteiger charge is 2.28. The molecule has 1 N–H and O–H groups in total. The van der Waals surface area contributed by atoms with E-state index in [0.29, 0.717) is 19.4 Å². The minimum atomic E-state index is -0.156. The van der Waals surface area contributed by atoms with E-state index in [1.807, 2.05) is 36.5 Å². The fraction of sp³-hybridized carbons (Fsp3) is 0.312. The Hall–Kier alpha value is -2.63. The van der Waals surface area contributed by atoms with E-state index in [2.05, 4.69) is 10.4 Å². The average Bonchev–Trinajstić information content (AvgIpc) is 3.04. The molecule has 0 spiro atoms. The zero-order chi connectivity index (χ0) is 15.5. The number of hydrogen-bond acceptors (Lipinski definition) is 3. The zero-order valence-corrected chi connectivity index (χ0v) is 12.4. The number of anilines is 1. The van der Waals surface area contributed by atoms with Crippen molar-refractivity contribution in [2.24, 2.45) is 5.92 Å². The van der Waals surface area contributed by atoms with Crippen LogP contribution in [0.3, 0.4) is 0 Å². The Balaban J connectivity index is 1.69. The number of nitrogens with zero attached hydrogens (tertiary/aromatic N) is 3. The molecule has 0 aliphatic carbocycles. The van der Waals surface area contributed by atoms with Crippen molar-refractivity contribution < 1.29 is 9.59 Å². The lowest BCUT2D eigenvalue weighted by Gasteiger charge is -2.28.